The summed E-state index contributed by atoms with van der Waals surface area (Å²) in [6.07, 6.45) is 11.9. The maximum Gasteiger partial charge on any atom is 0.325 e. The maximum absolute atomic E-state index is 12.9. The quantitative estimate of drug-likeness (QED) is 0.130. The SMILES string of the molecule is C=COON1C(=O)/C(=C2C=C(/C=C\c3ccc(N(C)C)cc3)OC(/C=C/c3ccc(N(C)C)cc3)=C/2)OC1=S. The number of thiocarbonyl (C=S) groups is 1. The molecule has 0 N–H and O–H groups in total. The number of carbonyl (C=O) groups excluding carboxylic acids is 1. The van der Waals surface area contributed by atoms with Crippen molar-refractivity contribution in [1.29, 1.82) is 0 Å². The molecule has 0 radical (unpaired) electrons. The van der Waals surface area contributed by atoms with E-state index < -0.39 is 5.91 Å². The molecule has 0 aromatic heterocycles. The molecular weight excluding hydrogens is 514 g/mol. The second-order valence-corrected chi connectivity index (χ2v) is 9.27. The third-order valence-corrected chi connectivity index (χ3v) is 5.96. The number of hydrogen-bond donors (Lipinski definition) is 0. The first kappa shape index (κ1) is 27.4. The van der Waals surface area contributed by atoms with Gasteiger partial charge in [-0.1, -0.05) is 48.1 Å². The minimum absolute atomic E-state index is 0.0153. The monoisotopic (exact) mass is 543 g/mol. The topological polar surface area (TPSA) is 63.7 Å². The van der Waals surface area contributed by atoms with Crippen molar-refractivity contribution in [3.8, 4) is 0 Å². The summed E-state index contributed by atoms with van der Waals surface area (Å²) < 4.78 is 11.7. The lowest BCUT2D eigenvalue weighted by molar-refractivity contribution is -0.352. The fourth-order valence-corrected chi connectivity index (χ4v) is 3.83. The fourth-order valence-electron chi connectivity index (χ4n) is 3.63. The summed E-state index contributed by atoms with van der Waals surface area (Å²) in [4.78, 5) is 26.5. The van der Waals surface area contributed by atoms with Gasteiger partial charge >= 0.3 is 11.1 Å². The van der Waals surface area contributed by atoms with E-state index in [0.29, 0.717) is 17.1 Å². The molecule has 0 aliphatic carbocycles. The highest BCUT2D eigenvalue weighted by molar-refractivity contribution is 7.80. The standard InChI is InChI=1S/C30H29N3O5S/c1-6-35-38-33-29(34)28(37-30(33)39)23-19-26(17-11-21-7-13-24(14-8-21)31(2)3)36-27(20-23)18-12-22-9-15-25(16-10-22)32(4)5/h6-20H,1H2,2-5H3/b17-11-,18-12+,28-23+. The van der Waals surface area contributed by atoms with Gasteiger partial charge in [0.1, 0.15) is 17.8 Å². The molecule has 0 atom stereocenters. The second kappa shape index (κ2) is 12.3. The van der Waals surface area contributed by atoms with Gasteiger partial charge in [-0.2, -0.15) is 0 Å². The lowest BCUT2D eigenvalue weighted by atomic mass is 10.1. The Balaban J connectivity index is 1.64. The first-order valence-corrected chi connectivity index (χ1v) is 12.4. The van der Waals surface area contributed by atoms with E-state index in [1.165, 1.54) is 0 Å². The van der Waals surface area contributed by atoms with Crippen LogP contribution in [0, 0.1) is 0 Å². The summed E-state index contributed by atoms with van der Waals surface area (Å²) in [6.45, 7) is 3.38. The van der Waals surface area contributed by atoms with Crippen molar-refractivity contribution in [3.05, 3.63) is 120 Å². The molecule has 0 bridgehead atoms. The zero-order valence-electron chi connectivity index (χ0n) is 22.2. The number of benzene rings is 2. The number of rotatable bonds is 9. The van der Waals surface area contributed by atoms with E-state index >= 15 is 0 Å². The van der Waals surface area contributed by atoms with Gasteiger partial charge in [0.15, 0.2) is 0 Å². The summed E-state index contributed by atoms with van der Waals surface area (Å²) >= 11 is 5.13. The van der Waals surface area contributed by atoms with E-state index in [1.54, 1.807) is 12.2 Å². The Bertz CT molecular complexity index is 1320. The number of hydroxylamine groups is 2. The molecular formula is C30H29N3O5S. The number of ether oxygens (including phenoxy) is 2. The number of anilines is 2. The summed E-state index contributed by atoms with van der Waals surface area (Å²) in [5, 5.41) is 0.536. The first-order chi connectivity index (χ1) is 18.7. The summed E-state index contributed by atoms with van der Waals surface area (Å²) in [7, 11) is 7.97. The van der Waals surface area contributed by atoms with Gasteiger partial charge in [-0.05, 0) is 76.9 Å². The first-order valence-electron chi connectivity index (χ1n) is 12.0. The van der Waals surface area contributed by atoms with Crippen molar-refractivity contribution < 1.29 is 24.1 Å². The van der Waals surface area contributed by atoms with Gasteiger partial charge in [-0.15, -0.1) is 0 Å². The molecule has 1 fully saturated rings. The third kappa shape index (κ3) is 6.84. The van der Waals surface area contributed by atoms with Crippen LogP contribution in [-0.2, 0) is 24.1 Å². The van der Waals surface area contributed by atoms with E-state index in [0.717, 1.165) is 33.8 Å². The smallest absolute Gasteiger partial charge is 0.325 e. The van der Waals surface area contributed by atoms with Crippen molar-refractivity contribution in [1.82, 2.24) is 5.06 Å². The number of hydrogen-bond acceptors (Lipinski definition) is 8. The molecule has 2 aliphatic heterocycles. The Hall–Kier alpha value is -4.60. The van der Waals surface area contributed by atoms with Crippen molar-refractivity contribution in [2.24, 2.45) is 0 Å². The van der Waals surface area contributed by atoms with Crippen LogP contribution in [0.2, 0.25) is 0 Å². The van der Waals surface area contributed by atoms with Gasteiger partial charge in [0.25, 0.3) is 0 Å². The highest BCUT2D eigenvalue weighted by Gasteiger charge is 2.38. The predicted molar refractivity (Wildman–Crippen MR) is 157 cm³/mol. The molecule has 39 heavy (non-hydrogen) atoms. The summed E-state index contributed by atoms with van der Waals surface area (Å²) in [5.74, 6) is 0.376. The average molecular weight is 544 g/mol. The van der Waals surface area contributed by atoms with Crippen molar-refractivity contribution in [2.45, 2.75) is 0 Å². The Morgan fingerprint density at radius 2 is 1.28 bits per heavy atom. The maximum atomic E-state index is 12.9. The van der Waals surface area contributed by atoms with Crippen LogP contribution in [0.3, 0.4) is 0 Å². The fraction of sp³-hybridized carbons (Fsp3) is 0.133. The number of allylic oxidation sites excluding steroid dienone is 5. The molecule has 2 aliphatic rings. The molecule has 9 heteroatoms. The van der Waals surface area contributed by atoms with Gasteiger partial charge < -0.3 is 24.2 Å². The van der Waals surface area contributed by atoms with Gasteiger partial charge in [0.05, 0.1) is 0 Å². The van der Waals surface area contributed by atoms with Gasteiger partial charge in [-0.25, -0.2) is 0 Å². The van der Waals surface area contributed by atoms with E-state index in [9.17, 15) is 4.79 Å². The number of carbonyl (C=O) groups is 1. The lowest BCUT2D eigenvalue weighted by Crippen LogP contribution is -2.28. The largest absolute Gasteiger partial charge is 0.457 e. The molecule has 2 aromatic carbocycles. The van der Waals surface area contributed by atoms with Crippen molar-refractivity contribution in [2.75, 3.05) is 38.0 Å². The van der Waals surface area contributed by atoms with Crippen molar-refractivity contribution >= 4 is 46.8 Å². The molecule has 0 unspecified atom stereocenters. The van der Waals surface area contributed by atoms with Gasteiger partial charge in [0, 0.05) is 45.1 Å². The zero-order chi connectivity index (χ0) is 27.9. The van der Waals surface area contributed by atoms with Crippen LogP contribution in [0.15, 0.2) is 109 Å². The average Bonchev–Trinajstić information content (AvgIpc) is 3.22. The van der Waals surface area contributed by atoms with Crippen LogP contribution >= 0.6 is 12.2 Å². The third-order valence-electron chi connectivity index (χ3n) is 5.71. The number of nitrogens with zero attached hydrogens (tertiary/aromatic N) is 3. The van der Waals surface area contributed by atoms with Gasteiger partial charge in [0.2, 0.25) is 5.76 Å². The summed E-state index contributed by atoms with van der Waals surface area (Å²) in [6, 6.07) is 16.2. The minimum Gasteiger partial charge on any atom is -0.457 e. The van der Waals surface area contributed by atoms with E-state index in [1.807, 2.05) is 111 Å². The minimum atomic E-state index is -0.614. The molecule has 2 heterocycles. The Kier molecular flexibility index (Phi) is 8.65. The van der Waals surface area contributed by atoms with Crippen molar-refractivity contribution in [3.63, 3.8) is 0 Å². The van der Waals surface area contributed by atoms with Crippen LogP contribution in [0.5, 0.6) is 0 Å². The van der Waals surface area contributed by atoms with Crippen LogP contribution in [0.4, 0.5) is 11.4 Å². The molecule has 2 aromatic rings. The molecule has 4 rings (SSSR count). The molecule has 1 amide bonds. The predicted octanol–water partition coefficient (Wildman–Crippen LogP) is 5.75. The highest BCUT2D eigenvalue weighted by atomic mass is 32.1. The zero-order valence-corrected chi connectivity index (χ0v) is 23.0. The molecule has 0 saturated carbocycles. The molecule has 8 nitrogen and oxygen atoms in total. The van der Waals surface area contributed by atoms with Crippen LogP contribution < -0.4 is 9.80 Å². The Morgan fingerprint density at radius 3 is 1.72 bits per heavy atom. The Morgan fingerprint density at radius 1 is 0.795 bits per heavy atom. The van der Waals surface area contributed by atoms with Crippen LogP contribution in [-0.4, -0.2) is 44.3 Å². The van der Waals surface area contributed by atoms with E-state index in [2.05, 4.69) is 11.5 Å². The van der Waals surface area contributed by atoms with Crippen LogP contribution in [0.1, 0.15) is 11.1 Å². The summed E-state index contributed by atoms with van der Waals surface area (Å²) in [5.41, 5.74) is 4.64. The second-order valence-electron chi connectivity index (χ2n) is 8.92. The van der Waals surface area contributed by atoms with Crippen LogP contribution in [0.25, 0.3) is 12.2 Å². The Labute approximate surface area is 233 Å². The van der Waals surface area contributed by atoms with Gasteiger partial charge in [-0.3, -0.25) is 4.79 Å². The molecule has 1 saturated heterocycles. The molecule has 0 spiro atoms. The lowest BCUT2D eigenvalue weighted by Gasteiger charge is -2.15. The normalized spacial score (nSPS) is 17.2. The molecule has 200 valence electrons. The van der Waals surface area contributed by atoms with E-state index in [4.69, 9.17) is 26.7 Å². The highest BCUT2D eigenvalue weighted by Crippen LogP contribution is 2.29. The number of amides is 1. The van der Waals surface area contributed by atoms with E-state index in [-0.39, 0.29) is 10.9 Å².